The van der Waals surface area contributed by atoms with Gasteiger partial charge in [-0.25, -0.2) is 13.6 Å². The van der Waals surface area contributed by atoms with E-state index in [-0.39, 0.29) is 37.5 Å². The summed E-state index contributed by atoms with van der Waals surface area (Å²) in [6.07, 6.45) is 0.740. The van der Waals surface area contributed by atoms with Crippen LogP contribution in [0.5, 0.6) is 0 Å². The van der Waals surface area contributed by atoms with Gasteiger partial charge in [-0.3, -0.25) is 0 Å². The monoisotopic (exact) mass is 357 g/mol. The van der Waals surface area contributed by atoms with Gasteiger partial charge in [-0.05, 0) is 35.2 Å². The first-order valence-electron chi connectivity index (χ1n) is 8.83. The average Bonchev–Trinajstić information content (AvgIpc) is 2.64. The smallest absolute Gasteiger partial charge is 0.318 e. The molecule has 0 bridgehead atoms. The van der Waals surface area contributed by atoms with Gasteiger partial charge < -0.3 is 15.5 Å². The lowest BCUT2D eigenvalue weighted by molar-refractivity contribution is 0.0878. The summed E-state index contributed by atoms with van der Waals surface area (Å²) in [6, 6.07) is 13.6. The van der Waals surface area contributed by atoms with E-state index >= 15 is 0 Å². The summed E-state index contributed by atoms with van der Waals surface area (Å²) in [5.74, 6) is -0.314. The zero-order valence-electron chi connectivity index (χ0n) is 14.3. The van der Waals surface area contributed by atoms with E-state index in [4.69, 9.17) is 0 Å². The van der Waals surface area contributed by atoms with Gasteiger partial charge in [-0.15, -0.1) is 0 Å². The summed E-state index contributed by atoms with van der Waals surface area (Å²) in [7, 11) is 0. The molecule has 2 N–H and O–H groups in total. The maximum atomic E-state index is 14.2. The van der Waals surface area contributed by atoms with Crippen LogP contribution in [0, 0.1) is 5.82 Å². The largest absolute Gasteiger partial charge is 0.335 e. The van der Waals surface area contributed by atoms with Gasteiger partial charge in [-0.1, -0.05) is 36.4 Å². The Balaban J connectivity index is 1.62. The number of nitrogens with zero attached hydrogens (tertiary/aromatic N) is 1. The molecule has 1 atom stereocenters. The minimum absolute atomic E-state index is 0.00683. The SMILES string of the molecule is O=C(NCC1(F)CNC1)N1CCc2ccccc2[C@@H]1c1ccc(F)cc1. The van der Waals surface area contributed by atoms with E-state index < -0.39 is 5.67 Å². The number of carbonyl (C=O) groups excluding carboxylic acids is 1. The van der Waals surface area contributed by atoms with E-state index in [1.165, 1.54) is 17.7 Å². The van der Waals surface area contributed by atoms with Crippen molar-refractivity contribution in [2.75, 3.05) is 26.2 Å². The molecule has 2 heterocycles. The molecule has 0 unspecified atom stereocenters. The molecule has 2 aromatic rings. The van der Waals surface area contributed by atoms with Crippen LogP contribution in [0.3, 0.4) is 0 Å². The highest BCUT2D eigenvalue weighted by Crippen LogP contribution is 2.35. The zero-order chi connectivity index (χ0) is 18.1. The summed E-state index contributed by atoms with van der Waals surface area (Å²) in [6.45, 7) is 1.05. The summed E-state index contributed by atoms with van der Waals surface area (Å²) >= 11 is 0. The summed E-state index contributed by atoms with van der Waals surface area (Å²) in [4.78, 5) is 14.5. The van der Waals surface area contributed by atoms with Crippen LogP contribution in [0.25, 0.3) is 0 Å². The van der Waals surface area contributed by atoms with Crippen molar-refractivity contribution in [1.82, 2.24) is 15.5 Å². The molecular weight excluding hydrogens is 336 g/mol. The van der Waals surface area contributed by atoms with E-state index in [2.05, 4.69) is 16.7 Å². The van der Waals surface area contributed by atoms with Crippen LogP contribution in [0.1, 0.15) is 22.7 Å². The lowest BCUT2D eigenvalue weighted by Gasteiger charge is -2.39. The van der Waals surface area contributed by atoms with E-state index in [0.29, 0.717) is 6.54 Å². The Morgan fingerprint density at radius 3 is 2.62 bits per heavy atom. The molecule has 2 aromatic carbocycles. The van der Waals surface area contributed by atoms with Crippen molar-refractivity contribution >= 4 is 6.03 Å². The number of nitrogens with one attached hydrogen (secondary N) is 2. The first kappa shape index (κ1) is 17.0. The van der Waals surface area contributed by atoms with Crippen molar-refractivity contribution in [3.63, 3.8) is 0 Å². The Hall–Kier alpha value is -2.47. The van der Waals surface area contributed by atoms with Crippen LogP contribution in [0.15, 0.2) is 48.5 Å². The first-order chi connectivity index (χ1) is 12.6. The first-order valence-corrected chi connectivity index (χ1v) is 8.83. The molecule has 0 aromatic heterocycles. The Kier molecular flexibility index (Phi) is 4.36. The van der Waals surface area contributed by atoms with Gasteiger partial charge in [-0.2, -0.15) is 0 Å². The summed E-state index contributed by atoms with van der Waals surface area (Å²) in [5.41, 5.74) is 1.68. The van der Waals surface area contributed by atoms with Crippen LogP contribution in [0.2, 0.25) is 0 Å². The molecule has 6 heteroatoms. The third kappa shape index (κ3) is 3.17. The second kappa shape index (κ2) is 6.68. The number of halogens is 2. The second-order valence-electron chi connectivity index (χ2n) is 7.01. The molecule has 2 aliphatic rings. The molecule has 4 rings (SSSR count). The van der Waals surface area contributed by atoms with E-state index in [1.807, 2.05) is 18.2 Å². The van der Waals surface area contributed by atoms with Crippen LogP contribution < -0.4 is 10.6 Å². The van der Waals surface area contributed by atoms with Crippen LogP contribution in [0.4, 0.5) is 13.6 Å². The molecule has 0 saturated carbocycles. The molecule has 1 fully saturated rings. The van der Waals surface area contributed by atoms with Gasteiger partial charge in [0, 0.05) is 19.6 Å². The number of fused-ring (bicyclic) bond motifs is 1. The second-order valence-corrected chi connectivity index (χ2v) is 7.01. The predicted molar refractivity (Wildman–Crippen MR) is 95.2 cm³/mol. The maximum absolute atomic E-state index is 14.2. The fraction of sp³-hybridized carbons (Fsp3) is 0.350. The van der Waals surface area contributed by atoms with Crippen molar-refractivity contribution < 1.29 is 13.6 Å². The topological polar surface area (TPSA) is 44.4 Å². The number of hydrogen-bond donors (Lipinski definition) is 2. The standard InChI is InChI=1S/C20H21F2N3O/c21-16-7-5-15(6-8-16)18-17-4-2-1-3-14(17)9-10-25(18)19(26)24-13-20(22)11-23-12-20/h1-8,18,23H,9-13H2,(H,24,26)/t18-/m0/s1. The van der Waals surface area contributed by atoms with Crippen molar-refractivity contribution in [2.24, 2.45) is 0 Å². The van der Waals surface area contributed by atoms with E-state index in [9.17, 15) is 13.6 Å². The molecular formula is C20H21F2N3O. The Morgan fingerprint density at radius 1 is 1.19 bits per heavy atom. The van der Waals surface area contributed by atoms with Gasteiger partial charge in [0.1, 0.15) is 5.82 Å². The van der Waals surface area contributed by atoms with Crippen molar-refractivity contribution in [1.29, 1.82) is 0 Å². The molecule has 2 amide bonds. The Labute approximate surface area is 151 Å². The molecule has 2 aliphatic heterocycles. The highest BCUT2D eigenvalue weighted by molar-refractivity contribution is 5.76. The fourth-order valence-corrected chi connectivity index (χ4v) is 3.65. The van der Waals surface area contributed by atoms with Gasteiger partial charge >= 0.3 is 6.03 Å². The van der Waals surface area contributed by atoms with Crippen molar-refractivity contribution in [2.45, 2.75) is 18.1 Å². The Bertz CT molecular complexity index is 805. The number of benzene rings is 2. The van der Waals surface area contributed by atoms with Gasteiger partial charge in [0.25, 0.3) is 0 Å². The van der Waals surface area contributed by atoms with Crippen molar-refractivity contribution in [3.05, 3.63) is 71.0 Å². The highest BCUT2D eigenvalue weighted by atomic mass is 19.1. The number of hydrogen-bond acceptors (Lipinski definition) is 2. The lowest BCUT2D eigenvalue weighted by atomic mass is 9.88. The highest BCUT2D eigenvalue weighted by Gasteiger charge is 2.38. The molecule has 136 valence electrons. The third-order valence-electron chi connectivity index (χ3n) is 5.17. The fourth-order valence-electron chi connectivity index (χ4n) is 3.65. The van der Waals surface area contributed by atoms with E-state index in [1.54, 1.807) is 17.0 Å². The quantitative estimate of drug-likeness (QED) is 0.887. The maximum Gasteiger partial charge on any atom is 0.318 e. The average molecular weight is 357 g/mol. The van der Waals surface area contributed by atoms with Crippen LogP contribution >= 0.6 is 0 Å². The molecule has 0 aliphatic carbocycles. The van der Waals surface area contributed by atoms with Crippen LogP contribution in [-0.4, -0.2) is 42.8 Å². The van der Waals surface area contributed by atoms with Crippen molar-refractivity contribution in [3.8, 4) is 0 Å². The van der Waals surface area contributed by atoms with Gasteiger partial charge in [0.05, 0.1) is 12.6 Å². The molecule has 26 heavy (non-hydrogen) atoms. The number of amides is 2. The lowest BCUT2D eigenvalue weighted by Crippen LogP contribution is -2.62. The van der Waals surface area contributed by atoms with Crippen LogP contribution in [-0.2, 0) is 6.42 Å². The van der Waals surface area contributed by atoms with Gasteiger partial charge in [0.15, 0.2) is 5.67 Å². The number of alkyl halides is 1. The summed E-state index contributed by atoms with van der Waals surface area (Å²) in [5, 5.41) is 5.62. The number of urea groups is 1. The molecule has 0 radical (unpaired) electrons. The number of carbonyl (C=O) groups is 1. The minimum atomic E-state index is -1.37. The molecule has 0 spiro atoms. The molecule has 1 saturated heterocycles. The Morgan fingerprint density at radius 2 is 1.92 bits per heavy atom. The summed E-state index contributed by atoms with van der Waals surface area (Å²) < 4.78 is 27.6. The minimum Gasteiger partial charge on any atom is -0.335 e. The predicted octanol–water partition coefficient (Wildman–Crippen LogP) is 2.79. The van der Waals surface area contributed by atoms with E-state index in [0.717, 1.165) is 17.5 Å². The molecule has 4 nitrogen and oxygen atoms in total. The number of rotatable bonds is 3. The zero-order valence-corrected chi connectivity index (χ0v) is 14.3. The normalized spacial score (nSPS) is 20.8. The van der Waals surface area contributed by atoms with Gasteiger partial charge in [0.2, 0.25) is 0 Å². The third-order valence-corrected chi connectivity index (χ3v) is 5.17.